The Morgan fingerprint density at radius 1 is 0.905 bits per heavy atom. The number of aromatic nitrogens is 1. The summed E-state index contributed by atoms with van der Waals surface area (Å²) >= 11 is 0. The van der Waals surface area contributed by atoms with Crippen LogP contribution in [0.3, 0.4) is 0 Å². The number of benzene rings is 3. The molecule has 1 saturated carbocycles. The van der Waals surface area contributed by atoms with Gasteiger partial charge in [-0.2, -0.15) is 0 Å². The summed E-state index contributed by atoms with van der Waals surface area (Å²) in [4.78, 5) is 41.4. The summed E-state index contributed by atoms with van der Waals surface area (Å²) in [5.41, 5.74) is 1.85. The van der Waals surface area contributed by atoms with Gasteiger partial charge in [-0.1, -0.05) is 0 Å². The molecule has 4 N–H and O–H groups in total. The zero-order valence-electron chi connectivity index (χ0n) is 22.5. The van der Waals surface area contributed by atoms with Crippen molar-refractivity contribution < 1.29 is 38.2 Å². The van der Waals surface area contributed by atoms with Crippen LogP contribution >= 0.6 is 0 Å². The van der Waals surface area contributed by atoms with Crippen molar-refractivity contribution in [2.75, 3.05) is 24.4 Å². The first-order valence-corrected chi connectivity index (χ1v) is 13.0. The highest BCUT2D eigenvalue weighted by molar-refractivity contribution is 6.16. The van der Waals surface area contributed by atoms with Crippen molar-refractivity contribution in [3.8, 4) is 23.0 Å². The van der Waals surface area contributed by atoms with E-state index < -0.39 is 29.0 Å². The lowest BCUT2D eigenvalue weighted by Crippen LogP contribution is -2.35. The first-order chi connectivity index (χ1) is 20.3. The number of rotatable bonds is 11. The molecule has 1 heterocycles. The molecule has 1 fully saturated rings. The third-order valence-electron chi connectivity index (χ3n) is 6.76. The van der Waals surface area contributed by atoms with Crippen LogP contribution < -0.4 is 30.3 Å². The Hall–Kier alpha value is -5.23. The number of hydrogen-bond donors (Lipinski definition) is 4. The van der Waals surface area contributed by atoms with Gasteiger partial charge in [0.1, 0.15) is 22.7 Å². The standard InChI is InChI=1S/C30H27FN4O7/c1-40-25-16-22-23(17-26(25)41-15-11-27(36)35-39)32-14-10-24(22)42-21-8-6-20(7-9-21)34-29(38)30(12-13-30)28(37)33-19-4-2-18(31)3-5-19/h2-10,14,16-17,39H,11-13,15H2,1H3,(H,33,37)(H,34,38)(H,35,36). The Morgan fingerprint density at radius 3 is 2.14 bits per heavy atom. The fourth-order valence-corrected chi connectivity index (χ4v) is 4.25. The highest BCUT2D eigenvalue weighted by Crippen LogP contribution is 2.47. The molecule has 0 unspecified atom stereocenters. The molecule has 12 heteroatoms. The van der Waals surface area contributed by atoms with Gasteiger partial charge in [0, 0.05) is 29.0 Å². The fourth-order valence-electron chi connectivity index (χ4n) is 4.25. The molecule has 0 spiro atoms. The second-order valence-electron chi connectivity index (χ2n) is 9.59. The van der Waals surface area contributed by atoms with E-state index in [1.54, 1.807) is 54.1 Å². The molecule has 1 aliphatic rings. The molecule has 0 atom stereocenters. The highest BCUT2D eigenvalue weighted by Gasteiger charge is 2.56. The van der Waals surface area contributed by atoms with E-state index in [2.05, 4.69) is 15.6 Å². The minimum atomic E-state index is -1.17. The van der Waals surface area contributed by atoms with E-state index in [-0.39, 0.29) is 13.0 Å². The molecule has 216 valence electrons. The van der Waals surface area contributed by atoms with Crippen LogP contribution in [0.15, 0.2) is 72.9 Å². The van der Waals surface area contributed by atoms with Crippen molar-refractivity contribution in [3.63, 3.8) is 0 Å². The van der Waals surface area contributed by atoms with Gasteiger partial charge in [0.2, 0.25) is 17.7 Å². The van der Waals surface area contributed by atoms with Gasteiger partial charge in [0.05, 0.1) is 25.7 Å². The lowest BCUT2D eigenvalue weighted by atomic mass is 10.0. The Balaban J connectivity index is 1.24. The minimum Gasteiger partial charge on any atom is -0.493 e. The zero-order chi connectivity index (χ0) is 29.7. The maximum atomic E-state index is 13.2. The average molecular weight is 575 g/mol. The van der Waals surface area contributed by atoms with E-state index in [4.69, 9.17) is 19.4 Å². The van der Waals surface area contributed by atoms with Gasteiger partial charge < -0.3 is 24.8 Å². The van der Waals surface area contributed by atoms with Crippen molar-refractivity contribution in [3.05, 3.63) is 78.7 Å². The van der Waals surface area contributed by atoms with Crippen LogP contribution in [0.2, 0.25) is 0 Å². The number of hydrogen-bond acceptors (Lipinski definition) is 8. The molecule has 1 aliphatic carbocycles. The van der Waals surface area contributed by atoms with Gasteiger partial charge in [0.25, 0.3) is 0 Å². The molecule has 3 amide bonds. The Kier molecular flexibility index (Phi) is 8.16. The Labute approximate surface area is 239 Å². The summed E-state index contributed by atoms with van der Waals surface area (Å²) in [6, 6.07) is 17.1. The number of nitrogens with zero attached hydrogens (tertiary/aromatic N) is 1. The second kappa shape index (κ2) is 12.1. The maximum absolute atomic E-state index is 13.2. The number of carbonyl (C=O) groups excluding carboxylic acids is 3. The van der Waals surface area contributed by atoms with E-state index in [0.29, 0.717) is 58.1 Å². The predicted molar refractivity (Wildman–Crippen MR) is 150 cm³/mol. The molecule has 4 aromatic rings. The van der Waals surface area contributed by atoms with E-state index in [1.807, 2.05) is 0 Å². The largest absolute Gasteiger partial charge is 0.493 e. The molecule has 0 bridgehead atoms. The Bertz CT molecular complexity index is 1620. The SMILES string of the molecule is COc1cc2c(Oc3ccc(NC(=O)C4(C(=O)Nc5ccc(F)cc5)CC4)cc3)ccnc2cc1OCCC(=O)NO. The van der Waals surface area contributed by atoms with Crippen LogP contribution in [0.25, 0.3) is 10.9 Å². The van der Waals surface area contributed by atoms with Crippen LogP contribution in [0.5, 0.6) is 23.0 Å². The summed E-state index contributed by atoms with van der Waals surface area (Å²) in [6.07, 6.45) is 2.36. The molecular formula is C30H27FN4O7. The van der Waals surface area contributed by atoms with E-state index >= 15 is 0 Å². The van der Waals surface area contributed by atoms with Crippen molar-refractivity contribution in [2.24, 2.45) is 5.41 Å². The molecule has 5 rings (SSSR count). The fraction of sp³-hybridized carbons (Fsp3) is 0.200. The lowest BCUT2D eigenvalue weighted by Gasteiger charge is -2.16. The topological polar surface area (TPSA) is 148 Å². The summed E-state index contributed by atoms with van der Waals surface area (Å²) in [6.45, 7) is 0.0212. The van der Waals surface area contributed by atoms with Crippen LogP contribution in [0.4, 0.5) is 15.8 Å². The van der Waals surface area contributed by atoms with E-state index in [9.17, 15) is 18.8 Å². The smallest absolute Gasteiger partial charge is 0.246 e. The number of anilines is 2. The molecule has 0 saturated heterocycles. The van der Waals surface area contributed by atoms with Gasteiger partial charge in [-0.3, -0.25) is 24.6 Å². The molecule has 0 radical (unpaired) electrons. The summed E-state index contributed by atoms with van der Waals surface area (Å²) < 4.78 is 30.3. The first kappa shape index (κ1) is 28.3. The van der Waals surface area contributed by atoms with E-state index in [1.165, 1.54) is 31.4 Å². The normalized spacial score (nSPS) is 13.1. The van der Waals surface area contributed by atoms with Gasteiger partial charge >= 0.3 is 0 Å². The number of ether oxygens (including phenoxy) is 3. The van der Waals surface area contributed by atoms with Gasteiger partial charge in [-0.15, -0.1) is 0 Å². The quantitative estimate of drug-likeness (QED) is 0.113. The maximum Gasteiger partial charge on any atom is 0.246 e. The zero-order valence-corrected chi connectivity index (χ0v) is 22.5. The number of amides is 3. The van der Waals surface area contributed by atoms with Gasteiger partial charge in [-0.25, -0.2) is 9.87 Å². The van der Waals surface area contributed by atoms with Crippen molar-refractivity contribution in [1.29, 1.82) is 0 Å². The molecular weight excluding hydrogens is 547 g/mol. The first-order valence-electron chi connectivity index (χ1n) is 13.0. The van der Waals surface area contributed by atoms with Crippen molar-refractivity contribution in [2.45, 2.75) is 19.3 Å². The van der Waals surface area contributed by atoms with Crippen molar-refractivity contribution >= 4 is 40.0 Å². The second-order valence-corrected chi connectivity index (χ2v) is 9.59. The highest BCUT2D eigenvalue weighted by atomic mass is 19.1. The minimum absolute atomic E-state index is 0.0212. The lowest BCUT2D eigenvalue weighted by molar-refractivity contribution is -0.131. The number of halogens is 1. The number of hydroxylamine groups is 1. The summed E-state index contributed by atoms with van der Waals surface area (Å²) in [7, 11) is 1.48. The molecule has 42 heavy (non-hydrogen) atoms. The van der Waals surface area contributed by atoms with Crippen LogP contribution in [-0.2, 0) is 14.4 Å². The van der Waals surface area contributed by atoms with Gasteiger partial charge in [0.15, 0.2) is 11.5 Å². The molecule has 1 aromatic heterocycles. The van der Waals surface area contributed by atoms with Crippen LogP contribution in [0.1, 0.15) is 19.3 Å². The Morgan fingerprint density at radius 2 is 1.55 bits per heavy atom. The average Bonchev–Trinajstić information content (AvgIpc) is 3.81. The van der Waals surface area contributed by atoms with E-state index in [0.717, 1.165) is 0 Å². The predicted octanol–water partition coefficient (Wildman–Crippen LogP) is 4.81. The third-order valence-corrected chi connectivity index (χ3v) is 6.76. The molecule has 3 aromatic carbocycles. The van der Waals surface area contributed by atoms with Crippen LogP contribution in [0, 0.1) is 11.2 Å². The molecule has 0 aliphatic heterocycles. The van der Waals surface area contributed by atoms with Gasteiger partial charge in [-0.05, 0) is 73.5 Å². The number of pyridine rings is 1. The number of fused-ring (bicyclic) bond motifs is 1. The van der Waals surface area contributed by atoms with Crippen molar-refractivity contribution in [1.82, 2.24) is 10.5 Å². The van der Waals surface area contributed by atoms with Crippen LogP contribution in [-0.4, -0.2) is 41.6 Å². The number of methoxy groups -OCH3 is 1. The summed E-state index contributed by atoms with van der Waals surface area (Å²) in [5.74, 6) is -0.0810. The number of carbonyl (C=O) groups is 3. The third kappa shape index (κ3) is 6.23. The monoisotopic (exact) mass is 574 g/mol. The summed E-state index contributed by atoms with van der Waals surface area (Å²) in [5, 5.41) is 14.8. The molecule has 11 nitrogen and oxygen atoms in total. The number of nitrogens with one attached hydrogen (secondary N) is 3.